The van der Waals surface area contributed by atoms with E-state index in [1.165, 1.54) is 21.5 Å². The second-order valence-electron chi connectivity index (χ2n) is 4.46. The van der Waals surface area contributed by atoms with Gasteiger partial charge in [-0.1, -0.05) is 6.07 Å². The summed E-state index contributed by atoms with van der Waals surface area (Å²) < 4.78 is 17.0. The molecule has 0 spiro atoms. The first kappa shape index (κ1) is 13.0. The van der Waals surface area contributed by atoms with E-state index in [4.69, 9.17) is 5.11 Å². The summed E-state index contributed by atoms with van der Waals surface area (Å²) in [6, 6.07) is 7.73. The van der Waals surface area contributed by atoms with Crippen LogP contribution in [0.4, 0.5) is 4.39 Å². The fraction of sp³-hybridized carbons (Fsp3) is 0.0714. The zero-order valence-corrected chi connectivity index (χ0v) is 11.1. The number of rotatable bonds is 3. The lowest BCUT2D eigenvalue weighted by atomic mass is 10.1. The molecular formula is C14H11FN4O2. The average Bonchev–Trinajstić information content (AvgIpc) is 3.07. The number of aromatic carboxylic acids is 1. The summed E-state index contributed by atoms with van der Waals surface area (Å²) in [4.78, 5) is 10.9. The summed E-state index contributed by atoms with van der Waals surface area (Å²) in [6.45, 7) is 0. The maximum atomic E-state index is 14.2. The van der Waals surface area contributed by atoms with Crippen LogP contribution in [-0.2, 0) is 7.05 Å². The Morgan fingerprint density at radius 2 is 2.14 bits per heavy atom. The first-order chi connectivity index (χ1) is 10.1. The molecule has 0 radical (unpaired) electrons. The van der Waals surface area contributed by atoms with Crippen LogP contribution in [0.15, 0.2) is 42.7 Å². The molecule has 2 aromatic heterocycles. The number of hydrogen-bond acceptors (Lipinski definition) is 3. The van der Waals surface area contributed by atoms with Crippen molar-refractivity contribution in [1.29, 1.82) is 0 Å². The minimum absolute atomic E-state index is 0.0796. The number of benzene rings is 1. The molecule has 3 aromatic rings. The van der Waals surface area contributed by atoms with Crippen LogP contribution in [0.1, 0.15) is 10.5 Å². The maximum absolute atomic E-state index is 14.2. The number of halogens is 1. The van der Waals surface area contributed by atoms with E-state index in [1.807, 2.05) is 0 Å². The largest absolute Gasteiger partial charge is 0.476 e. The van der Waals surface area contributed by atoms with Crippen molar-refractivity contribution in [3.63, 3.8) is 0 Å². The van der Waals surface area contributed by atoms with Crippen molar-refractivity contribution >= 4 is 5.97 Å². The Labute approximate surface area is 119 Å². The van der Waals surface area contributed by atoms with Crippen molar-refractivity contribution in [2.75, 3.05) is 0 Å². The number of hydrogen-bond donors (Lipinski definition) is 1. The fourth-order valence-corrected chi connectivity index (χ4v) is 2.11. The highest BCUT2D eigenvalue weighted by Crippen LogP contribution is 2.24. The molecule has 3 rings (SSSR count). The van der Waals surface area contributed by atoms with Crippen LogP contribution < -0.4 is 0 Å². The number of aromatic nitrogens is 4. The molecule has 0 amide bonds. The maximum Gasteiger partial charge on any atom is 0.356 e. The first-order valence-electron chi connectivity index (χ1n) is 6.13. The standard InChI is InChI=1S/C14H11FN4O2/c1-18-13(8-11(17-18)14(20)21)9-3-4-12(10(15)7-9)19-6-2-5-16-19/h2-8H,1H3,(H,20,21). The second-order valence-corrected chi connectivity index (χ2v) is 4.46. The summed E-state index contributed by atoms with van der Waals surface area (Å²) in [7, 11) is 1.61. The highest BCUT2D eigenvalue weighted by molar-refractivity contribution is 5.87. The van der Waals surface area contributed by atoms with Crippen molar-refractivity contribution in [2.45, 2.75) is 0 Å². The molecule has 0 unspecified atom stereocenters. The third-order valence-electron chi connectivity index (χ3n) is 3.09. The first-order valence-corrected chi connectivity index (χ1v) is 6.13. The van der Waals surface area contributed by atoms with E-state index in [9.17, 15) is 9.18 Å². The van der Waals surface area contributed by atoms with Gasteiger partial charge in [0, 0.05) is 25.0 Å². The lowest BCUT2D eigenvalue weighted by Crippen LogP contribution is -2.00. The molecule has 0 saturated heterocycles. The topological polar surface area (TPSA) is 72.9 Å². The Bertz CT molecular complexity index is 809. The van der Waals surface area contributed by atoms with Crippen molar-refractivity contribution in [3.8, 4) is 16.9 Å². The molecule has 0 bridgehead atoms. The van der Waals surface area contributed by atoms with Gasteiger partial charge in [-0.2, -0.15) is 10.2 Å². The third kappa shape index (κ3) is 2.29. The molecule has 0 aliphatic heterocycles. The molecule has 0 fully saturated rings. The summed E-state index contributed by atoms with van der Waals surface area (Å²) >= 11 is 0. The fourth-order valence-electron chi connectivity index (χ4n) is 2.11. The number of carbonyl (C=O) groups is 1. The normalized spacial score (nSPS) is 10.8. The van der Waals surface area contributed by atoms with Gasteiger partial charge in [0.2, 0.25) is 0 Å². The molecule has 0 atom stereocenters. The monoisotopic (exact) mass is 286 g/mol. The number of nitrogens with zero attached hydrogens (tertiary/aromatic N) is 4. The van der Waals surface area contributed by atoms with Gasteiger partial charge in [0.1, 0.15) is 11.5 Å². The van der Waals surface area contributed by atoms with E-state index >= 15 is 0 Å². The third-order valence-corrected chi connectivity index (χ3v) is 3.09. The van der Waals surface area contributed by atoms with Gasteiger partial charge in [-0.3, -0.25) is 4.68 Å². The van der Waals surface area contributed by atoms with Gasteiger partial charge in [-0.05, 0) is 24.3 Å². The van der Waals surface area contributed by atoms with Crippen LogP contribution in [0, 0.1) is 5.82 Å². The van der Waals surface area contributed by atoms with Crippen molar-refractivity contribution < 1.29 is 14.3 Å². The Hall–Kier alpha value is -2.96. The predicted octanol–water partition coefficient (Wildman–Crippen LogP) is 2.11. The van der Waals surface area contributed by atoms with Crippen LogP contribution in [0.25, 0.3) is 16.9 Å². The van der Waals surface area contributed by atoms with Gasteiger partial charge in [0.15, 0.2) is 5.69 Å². The van der Waals surface area contributed by atoms with Crippen molar-refractivity contribution in [1.82, 2.24) is 19.6 Å². The van der Waals surface area contributed by atoms with Gasteiger partial charge in [0.05, 0.1) is 5.69 Å². The van der Waals surface area contributed by atoms with Crippen LogP contribution >= 0.6 is 0 Å². The smallest absolute Gasteiger partial charge is 0.356 e. The molecule has 1 aromatic carbocycles. The highest BCUT2D eigenvalue weighted by atomic mass is 19.1. The zero-order chi connectivity index (χ0) is 15.0. The Morgan fingerprint density at radius 1 is 1.33 bits per heavy atom. The Kier molecular flexibility index (Phi) is 3.02. The van der Waals surface area contributed by atoms with Crippen LogP contribution in [-0.4, -0.2) is 30.6 Å². The molecule has 0 saturated carbocycles. The van der Waals surface area contributed by atoms with Crippen molar-refractivity contribution in [3.05, 3.63) is 54.2 Å². The highest BCUT2D eigenvalue weighted by Gasteiger charge is 2.14. The molecule has 0 aliphatic rings. The Morgan fingerprint density at radius 3 is 2.71 bits per heavy atom. The predicted molar refractivity (Wildman–Crippen MR) is 72.7 cm³/mol. The van der Waals surface area contributed by atoms with Gasteiger partial charge in [-0.15, -0.1) is 0 Å². The second kappa shape index (κ2) is 4.86. The summed E-state index contributed by atoms with van der Waals surface area (Å²) in [6.07, 6.45) is 3.21. The molecule has 2 heterocycles. The minimum Gasteiger partial charge on any atom is -0.476 e. The minimum atomic E-state index is -1.12. The van der Waals surface area contributed by atoms with E-state index in [-0.39, 0.29) is 5.69 Å². The Balaban J connectivity index is 2.05. The van der Waals surface area contributed by atoms with Gasteiger partial charge < -0.3 is 5.11 Å². The van der Waals surface area contributed by atoms with E-state index in [0.29, 0.717) is 16.9 Å². The SMILES string of the molecule is Cn1nc(C(=O)O)cc1-c1ccc(-n2cccn2)c(F)c1. The molecule has 7 heteroatoms. The van der Waals surface area contributed by atoms with Crippen LogP contribution in [0.5, 0.6) is 0 Å². The van der Waals surface area contributed by atoms with Gasteiger partial charge in [-0.25, -0.2) is 13.9 Å². The summed E-state index contributed by atoms with van der Waals surface area (Å²) in [5.41, 5.74) is 1.32. The molecule has 21 heavy (non-hydrogen) atoms. The number of carboxylic acid groups (broad SMARTS) is 1. The van der Waals surface area contributed by atoms with E-state index in [1.54, 1.807) is 37.6 Å². The summed E-state index contributed by atoms with van der Waals surface area (Å²) in [5.74, 6) is -1.57. The number of carboxylic acids is 1. The lowest BCUT2D eigenvalue weighted by Gasteiger charge is -2.06. The quantitative estimate of drug-likeness (QED) is 0.800. The molecular weight excluding hydrogens is 275 g/mol. The molecule has 0 aliphatic carbocycles. The van der Waals surface area contributed by atoms with Gasteiger partial charge in [0.25, 0.3) is 0 Å². The zero-order valence-electron chi connectivity index (χ0n) is 11.1. The van der Waals surface area contributed by atoms with E-state index < -0.39 is 11.8 Å². The molecule has 106 valence electrons. The lowest BCUT2D eigenvalue weighted by molar-refractivity contribution is 0.0689. The molecule has 1 N–H and O–H groups in total. The van der Waals surface area contributed by atoms with E-state index in [2.05, 4.69) is 10.2 Å². The van der Waals surface area contributed by atoms with Crippen LogP contribution in [0.2, 0.25) is 0 Å². The van der Waals surface area contributed by atoms with Crippen LogP contribution in [0.3, 0.4) is 0 Å². The summed E-state index contributed by atoms with van der Waals surface area (Å²) in [5, 5.41) is 16.8. The average molecular weight is 286 g/mol. The molecule has 6 nitrogen and oxygen atoms in total. The van der Waals surface area contributed by atoms with Gasteiger partial charge >= 0.3 is 5.97 Å². The van der Waals surface area contributed by atoms with Crippen molar-refractivity contribution in [2.24, 2.45) is 7.05 Å². The number of aryl methyl sites for hydroxylation is 1. The van der Waals surface area contributed by atoms with E-state index in [0.717, 1.165) is 0 Å².